The van der Waals surface area contributed by atoms with Gasteiger partial charge in [-0.2, -0.15) is 5.10 Å². The zero-order valence-corrected chi connectivity index (χ0v) is 13.4. The Morgan fingerprint density at radius 2 is 2.30 bits per heavy atom. The molecule has 0 bridgehead atoms. The van der Waals surface area contributed by atoms with Crippen molar-refractivity contribution in [2.75, 3.05) is 5.32 Å². The number of halogens is 1. The minimum absolute atomic E-state index is 0.134. The van der Waals surface area contributed by atoms with E-state index in [1.54, 1.807) is 24.0 Å². The number of carbonyl (C=O) groups is 1. The Morgan fingerprint density at radius 1 is 1.48 bits per heavy atom. The van der Waals surface area contributed by atoms with Crippen molar-refractivity contribution in [3.8, 4) is 0 Å². The number of hydrogen-bond acceptors (Lipinski definition) is 4. The predicted molar refractivity (Wildman–Crippen MR) is 89.2 cm³/mol. The molecule has 1 aromatic carbocycles. The van der Waals surface area contributed by atoms with E-state index in [0.717, 1.165) is 22.4 Å². The lowest BCUT2D eigenvalue weighted by Crippen LogP contribution is -2.15. The number of H-pyrrole nitrogens is 1. The molecule has 0 spiro atoms. The number of aromatic amines is 1. The molecule has 0 saturated carbocycles. The van der Waals surface area contributed by atoms with E-state index in [1.165, 1.54) is 0 Å². The highest BCUT2D eigenvalue weighted by molar-refractivity contribution is 6.34. The Kier molecular flexibility index (Phi) is 4.31. The first-order valence-corrected chi connectivity index (χ1v) is 7.60. The summed E-state index contributed by atoms with van der Waals surface area (Å²) in [7, 11) is 1.78. The molecule has 0 aliphatic rings. The molecule has 0 fully saturated rings. The van der Waals surface area contributed by atoms with Gasteiger partial charge < -0.3 is 16.0 Å². The number of nitrogens with one attached hydrogen (secondary N) is 2. The van der Waals surface area contributed by atoms with Gasteiger partial charge >= 0.3 is 0 Å². The normalized spacial score (nSPS) is 11.1. The van der Waals surface area contributed by atoms with E-state index in [0.29, 0.717) is 23.8 Å². The average Bonchev–Trinajstić information content (AvgIpc) is 3.09. The van der Waals surface area contributed by atoms with Crippen LogP contribution in [0.2, 0.25) is 5.02 Å². The van der Waals surface area contributed by atoms with Gasteiger partial charge in [-0.05, 0) is 12.1 Å². The van der Waals surface area contributed by atoms with Crippen LogP contribution in [0.4, 0.5) is 5.82 Å². The number of nitrogens with zero attached hydrogens (tertiary/aromatic N) is 3. The highest BCUT2D eigenvalue weighted by atomic mass is 35.5. The molecule has 3 rings (SSSR count). The van der Waals surface area contributed by atoms with Gasteiger partial charge in [-0.15, -0.1) is 0 Å². The lowest BCUT2D eigenvalue weighted by molar-refractivity contribution is -0.116. The summed E-state index contributed by atoms with van der Waals surface area (Å²) in [6, 6.07) is 5.55. The maximum atomic E-state index is 12.1. The van der Waals surface area contributed by atoms with Crippen molar-refractivity contribution < 1.29 is 4.79 Å². The summed E-state index contributed by atoms with van der Waals surface area (Å²) < 4.78 is 1.62. The number of imidazole rings is 1. The first-order chi connectivity index (χ1) is 11.1. The van der Waals surface area contributed by atoms with Crippen LogP contribution in [0.3, 0.4) is 0 Å². The van der Waals surface area contributed by atoms with E-state index in [9.17, 15) is 4.79 Å². The summed E-state index contributed by atoms with van der Waals surface area (Å²) in [5.41, 5.74) is 8.02. The number of hydrogen-bond donors (Lipinski definition) is 3. The third-order valence-electron chi connectivity index (χ3n) is 3.48. The second-order valence-electron chi connectivity index (χ2n) is 5.25. The van der Waals surface area contributed by atoms with E-state index in [1.807, 2.05) is 12.1 Å². The predicted octanol–water partition coefficient (Wildman–Crippen LogP) is 1.98. The van der Waals surface area contributed by atoms with Crippen molar-refractivity contribution in [1.82, 2.24) is 19.7 Å². The van der Waals surface area contributed by atoms with E-state index in [2.05, 4.69) is 20.4 Å². The number of aromatic nitrogens is 4. The third kappa shape index (κ3) is 3.35. The van der Waals surface area contributed by atoms with Crippen molar-refractivity contribution in [2.24, 2.45) is 12.8 Å². The van der Waals surface area contributed by atoms with Crippen LogP contribution in [0.1, 0.15) is 17.8 Å². The van der Waals surface area contributed by atoms with Crippen molar-refractivity contribution in [1.29, 1.82) is 0 Å². The van der Waals surface area contributed by atoms with Crippen LogP contribution in [0, 0.1) is 0 Å². The van der Waals surface area contributed by atoms with Crippen LogP contribution >= 0.6 is 11.6 Å². The fourth-order valence-corrected chi connectivity index (χ4v) is 2.60. The summed E-state index contributed by atoms with van der Waals surface area (Å²) in [6.07, 6.45) is 2.57. The lowest BCUT2D eigenvalue weighted by Gasteiger charge is -2.02. The van der Waals surface area contributed by atoms with Crippen LogP contribution in [-0.4, -0.2) is 25.7 Å². The maximum Gasteiger partial charge on any atom is 0.226 e. The minimum atomic E-state index is -0.134. The quantitative estimate of drug-likeness (QED) is 0.664. The van der Waals surface area contributed by atoms with Gasteiger partial charge in [-0.25, -0.2) is 4.98 Å². The van der Waals surface area contributed by atoms with Crippen LogP contribution < -0.4 is 11.1 Å². The fraction of sp³-hybridized carbons (Fsp3) is 0.267. The molecular weight excluding hydrogens is 316 g/mol. The van der Waals surface area contributed by atoms with Crippen LogP contribution in [0.5, 0.6) is 0 Å². The van der Waals surface area contributed by atoms with Crippen molar-refractivity contribution in [3.05, 3.63) is 40.8 Å². The number of fused-ring (bicyclic) bond motifs is 1. The van der Waals surface area contributed by atoms with Crippen molar-refractivity contribution >= 4 is 34.4 Å². The minimum Gasteiger partial charge on any atom is -0.342 e. The van der Waals surface area contributed by atoms with Crippen LogP contribution in [0.25, 0.3) is 11.0 Å². The third-order valence-corrected chi connectivity index (χ3v) is 3.79. The molecule has 120 valence electrons. The zero-order chi connectivity index (χ0) is 16.4. The summed E-state index contributed by atoms with van der Waals surface area (Å²) >= 11 is 6.09. The number of nitrogens with two attached hydrogens (primary N) is 1. The molecule has 0 aliphatic carbocycles. The van der Waals surface area contributed by atoms with Crippen LogP contribution in [0.15, 0.2) is 24.4 Å². The molecule has 0 atom stereocenters. The van der Waals surface area contributed by atoms with Gasteiger partial charge in [0.2, 0.25) is 5.91 Å². The smallest absolute Gasteiger partial charge is 0.226 e. The van der Waals surface area contributed by atoms with E-state index in [4.69, 9.17) is 17.3 Å². The van der Waals surface area contributed by atoms with Crippen molar-refractivity contribution in [3.63, 3.8) is 0 Å². The number of aryl methyl sites for hydroxylation is 2. The van der Waals surface area contributed by atoms with Gasteiger partial charge in [0.05, 0.1) is 10.5 Å². The first-order valence-electron chi connectivity index (χ1n) is 7.22. The molecule has 23 heavy (non-hydrogen) atoms. The van der Waals surface area contributed by atoms with Gasteiger partial charge in [0.15, 0.2) is 5.82 Å². The largest absolute Gasteiger partial charge is 0.342 e. The Morgan fingerprint density at radius 3 is 3.04 bits per heavy atom. The number of rotatable bonds is 5. The topological polar surface area (TPSA) is 102 Å². The van der Waals surface area contributed by atoms with E-state index < -0.39 is 0 Å². The van der Waals surface area contributed by atoms with Gasteiger partial charge in [-0.3, -0.25) is 9.48 Å². The summed E-state index contributed by atoms with van der Waals surface area (Å²) in [4.78, 5) is 19.7. The molecule has 0 saturated heterocycles. The highest BCUT2D eigenvalue weighted by Crippen LogP contribution is 2.21. The Bertz CT molecular complexity index is 853. The average molecular weight is 333 g/mol. The molecule has 1 amide bonds. The van der Waals surface area contributed by atoms with Crippen LogP contribution in [-0.2, 0) is 24.8 Å². The van der Waals surface area contributed by atoms with E-state index in [-0.39, 0.29) is 12.3 Å². The maximum absolute atomic E-state index is 12.1. The standard InChI is InChI=1S/C15H17ClN6O/c1-22-8-9(7-17)15(21-22)20-13(23)6-5-12-18-11-4-2-3-10(16)14(11)19-12/h2-4,8H,5-7,17H2,1H3,(H,18,19)(H,20,21,23). The highest BCUT2D eigenvalue weighted by Gasteiger charge is 2.12. The number of amides is 1. The monoisotopic (exact) mass is 332 g/mol. The molecule has 2 heterocycles. The molecule has 0 unspecified atom stereocenters. The number of benzene rings is 1. The van der Waals surface area contributed by atoms with Gasteiger partial charge in [0.1, 0.15) is 11.3 Å². The molecule has 2 aromatic heterocycles. The second-order valence-corrected chi connectivity index (χ2v) is 5.66. The Balaban J connectivity index is 1.65. The summed E-state index contributed by atoms with van der Waals surface area (Å²) in [6.45, 7) is 0.325. The van der Waals surface area contributed by atoms with E-state index >= 15 is 0 Å². The number of anilines is 1. The lowest BCUT2D eigenvalue weighted by atomic mass is 10.2. The zero-order valence-electron chi connectivity index (χ0n) is 12.6. The second kappa shape index (κ2) is 6.39. The molecule has 8 heteroatoms. The molecule has 4 N–H and O–H groups in total. The molecule has 0 radical (unpaired) electrons. The first kappa shape index (κ1) is 15.5. The SMILES string of the molecule is Cn1cc(CN)c(NC(=O)CCc2nc3c(Cl)cccc3[nH]2)n1. The van der Waals surface area contributed by atoms with Crippen molar-refractivity contribution in [2.45, 2.75) is 19.4 Å². The summed E-state index contributed by atoms with van der Waals surface area (Å²) in [5.74, 6) is 1.10. The Hall–Kier alpha value is -2.38. The van der Waals surface area contributed by atoms with Gasteiger partial charge in [-0.1, -0.05) is 17.7 Å². The number of carbonyl (C=O) groups excluding carboxylic acids is 1. The fourth-order valence-electron chi connectivity index (χ4n) is 2.39. The Labute approximate surface area is 137 Å². The molecule has 7 nitrogen and oxygen atoms in total. The molecule has 3 aromatic rings. The summed E-state index contributed by atoms with van der Waals surface area (Å²) in [5, 5.41) is 7.56. The molecule has 0 aliphatic heterocycles. The van der Waals surface area contributed by atoms with Gasteiger partial charge in [0, 0.05) is 38.2 Å². The number of para-hydroxylation sites is 1. The van der Waals surface area contributed by atoms with Gasteiger partial charge in [0.25, 0.3) is 0 Å². The molecular formula is C15H17ClN6O.